The van der Waals surface area contributed by atoms with Gasteiger partial charge in [-0.3, -0.25) is 4.79 Å². The molecule has 0 spiro atoms. The van der Waals surface area contributed by atoms with Gasteiger partial charge in [0.1, 0.15) is 0 Å². The van der Waals surface area contributed by atoms with E-state index in [1.807, 2.05) is 13.8 Å². The average Bonchev–Trinajstić information content (AvgIpc) is 2.30. The van der Waals surface area contributed by atoms with E-state index in [4.69, 9.17) is 4.74 Å². The largest absolute Gasteiger partial charge is 0.469 e. The van der Waals surface area contributed by atoms with Gasteiger partial charge in [0.05, 0.1) is 18.6 Å². The van der Waals surface area contributed by atoms with Crippen LogP contribution in [-0.4, -0.2) is 37.4 Å². The van der Waals surface area contributed by atoms with Gasteiger partial charge in [0.2, 0.25) is 0 Å². The molecular weight excluding hydrogens is 218 g/mol. The van der Waals surface area contributed by atoms with Gasteiger partial charge < -0.3 is 15.2 Å². The summed E-state index contributed by atoms with van der Waals surface area (Å²) in [7, 11) is 1.41. The van der Waals surface area contributed by atoms with Crippen LogP contribution in [0.25, 0.3) is 0 Å². The van der Waals surface area contributed by atoms with Crippen LogP contribution in [0.3, 0.4) is 0 Å². The highest BCUT2D eigenvalue weighted by molar-refractivity contribution is 5.76. The van der Waals surface area contributed by atoms with E-state index in [0.29, 0.717) is 12.5 Å². The zero-order valence-corrected chi connectivity index (χ0v) is 11.2. The van der Waals surface area contributed by atoms with E-state index in [2.05, 4.69) is 5.32 Å². The number of nitrogens with one attached hydrogen (secondary N) is 1. The smallest absolute Gasteiger partial charge is 0.312 e. The number of hydrogen-bond acceptors (Lipinski definition) is 4. The van der Waals surface area contributed by atoms with E-state index in [0.717, 1.165) is 25.8 Å². The van der Waals surface area contributed by atoms with Gasteiger partial charge >= 0.3 is 5.97 Å². The topological polar surface area (TPSA) is 58.6 Å². The molecule has 1 fully saturated rings. The maximum atomic E-state index is 11.5. The average molecular weight is 243 g/mol. The Bertz CT molecular complexity index is 253. The van der Waals surface area contributed by atoms with Crippen LogP contribution in [0.2, 0.25) is 0 Å². The first-order chi connectivity index (χ1) is 7.97. The monoisotopic (exact) mass is 243 g/mol. The Labute approximate surface area is 104 Å². The molecule has 0 radical (unpaired) electrons. The fourth-order valence-electron chi connectivity index (χ4n) is 2.34. The highest BCUT2D eigenvalue weighted by atomic mass is 16.5. The Morgan fingerprint density at radius 3 is 2.65 bits per heavy atom. The van der Waals surface area contributed by atoms with Crippen molar-refractivity contribution in [3.05, 3.63) is 0 Å². The molecule has 1 aliphatic rings. The summed E-state index contributed by atoms with van der Waals surface area (Å²) in [6.07, 6.45) is 4.13. The molecule has 4 nitrogen and oxygen atoms in total. The van der Waals surface area contributed by atoms with Crippen LogP contribution >= 0.6 is 0 Å². The van der Waals surface area contributed by atoms with Crippen molar-refractivity contribution < 1.29 is 14.6 Å². The third-order valence-corrected chi connectivity index (χ3v) is 3.58. The van der Waals surface area contributed by atoms with Crippen LogP contribution in [0, 0.1) is 11.3 Å². The van der Waals surface area contributed by atoms with Crippen molar-refractivity contribution in [3.63, 3.8) is 0 Å². The van der Waals surface area contributed by atoms with E-state index in [-0.39, 0.29) is 12.1 Å². The van der Waals surface area contributed by atoms with Crippen LogP contribution < -0.4 is 5.32 Å². The molecule has 4 heteroatoms. The summed E-state index contributed by atoms with van der Waals surface area (Å²) < 4.78 is 4.75. The summed E-state index contributed by atoms with van der Waals surface area (Å²) in [5.41, 5.74) is -0.506. The number of aliphatic hydroxyl groups excluding tert-OH is 1. The van der Waals surface area contributed by atoms with Gasteiger partial charge in [-0.1, -0.05) is 12.8 Å². The summed E-state index contributed by atoms with van der Waals surface area (Å²) in [6.45, 7) is 5.09. The van der Waals surface area contributed by atoms with Crippen LogP contribution in [0.5, 0.6) is 0 Å². The minimum atomic E-state index is -0.506. The van der Waals surface area contributed by atoms with E-state index in [9.17, 15) is 9.90 Å². The molecule has 0 aromatic heterocycles. The Morgan fingerprint density at radius 2 is 2.06 bits per heavy atom. The van der Waals surface area contributed by atoms with Crippen molar-refractivity contribution in [1.29, 1.82) is 0 Å². The molecule has 1 saturated carbocycles. The molecule has 0 saturated heterocycles. The highest BCUT2D eigenvalue weighted by Crippen LogP contribution is 2.24. The molecule has 0 amide bonds. The standard InChI is InChI=1S/C13H25NO3/c1-13(2,12(16)17-3)9-14-8-10-6-4-5-7-11(10)15/h10-11,14-15H,4-9H2,1-3H3. The molecule has 17 heavy (non-hydrogen) atoms. The van der Waals surface area contributed by atoms with Gasteiger partial charge in [-0.2, -0.15) is 0 Å². The van der Waals surface area contributed by atoms with E-state index in [1.165, 1.54) is 13.5 Å². The lowest BCUT2D eigenvalue weighted by Crippen LogP contribution is -2.41. The van der Waals surface area contributed by atoms with Gasteiger partial charge in [-0.25, -0.2) is 0 Å². The van der Waals surface area contributed by atoms with E-state index >= 15 is 0 Å². The lowest BCUT2D eigenvalue weighted by molar-refractivity contribution is -0.150. The second-order valence-electron chi connectivity index (χ2n) is 5.62. The number of carbonyl (C=O) groups excluding carboxylic acids is 1. The molecule has 2 unspecified atom stereocenters. The zero-order chi connectivity index (χ0) is 12.9. The number of esters is 1. The third kappa shape index (κ3) is 4.28. The van der Waals surface area contributed by atoms with Crippen molar-refractivity contribution in [3.8, 4) is 0 Å². The van der Waals surface area contributed by atoms with Crippen molar-refractivity contribution >= 4 is 5.97 Å². The lowest BCUT2D eigenvalue weighted by atomic mass is 9.86. The van der Waals surface area contributed by atoms with Gasteiger partial charge in [-0.05, 0) is 32.6 Å². The molecule has 1 rings (SSSR count). The Kier molecular flexibility index (Phi) is 5.40. The number of carbonyl (C=O) groups is 1. The molecule has 2 atom stereocenters. The minimum absolute atomic E-state index is 0.183. The first-order valence-electron chi connectivity index (χ1n) is 6.44. The summed E-state index contributed by atoms with van der Waals surface area (Å²) in [5, 5.41) is 13.1. The van der Waals surface area contributed by atoms with Gasteiger partial charge in [-0.15, -0.1) is 0 Å². The number of ether oxygens (including phenoxy) is 1. The molecule has 0 aromatic carbocycles. The molecule has 1 aliphatic carbocycles. The third-order valence-electron chi connectivity index (χ3n) is 3.58. The van der Waals surface area contributed by atoms with Crippen LogP contribution in [0.4, 0.5) is 0 Å². The number of hydrogen-bond donors (Lipinski definition) is 2. The van der Waals surface area contributed by atoms with Crippen molar-refractivity contribution in [2.75, 3.05) is 20.2 Å². The molecule has 100 valence electrons. The minimum Gasteiger partial charge on any atom is -0.469 e. The van der Waals surface area contributed by atoms with Crippen LogP contribution in [-0.2, 0) is 9.53 Å². The van der Waals surface area contributed by atoms with Crippen molar-refractivity contribution in [2.45, 2.75) is 45.6 Å². The van der Waals surface area contributed by atoms with Crippen molar-refractivity contribution in [1.82, 2.24) is 5.32 Å². The van der Waals surface area contributed by atoms with Crippen molar-refractivity contribution in [2.24, 2.45) is 11.3 Å². The van der Waals surface area contributed by atoms with E-state index in [1.54, 1.807) is 0 Å². The molecule has 0 bridgehead atoms. The Balaban J connectivity index is 2.29. The molecule has 2 N–H and O–H groups in total. The summed E-state index contributed by atoms with van der Waals surface area (Å²) in [4.78, 5) is 11.5. The second kappa shape index (κ2) is 6.36. The van der Waals surface area contributed by atoms with E-state index < -0.39 is 5.41 Å². The normalized spacial score (nSPS) is 25.6. The van der Waals surface area contributed by atoms with Gasteiger partial charge in [0, 0.05) is 13.1 Å². The summed E-state index contributed by atoms with van der Waals surface area (Å²) in [5.74, 6) is 0.131. The lowest BCUT2D eigenvalue weighted by Gasteiger charge is -2.29. The fourth-order valence-corrected chi connectivity index (χ4v) is 2.34. The highest BCUT2D eigenvalue weighted by Gasteiger charge is 2.29. The molecule has 0 heterocycles. The Hall–Kier alpha value is -0.610. The summed E-state index contributed by atoms with van der Waals surface area (Å²) >= 11 is 0. The number of rotatable bonds is 5. The first-order valence-corrected chi connectivity index (χ1v) is 6.44. The Morgan fingerprint density at radius 1 is 1.41 bits per heavy atom. The predicted molar refractivity (Wildman–Crippen MR) is 66.6 cm³/mol. The number of aliphatic hydroxyl groups is 1. The maximum Gasteiger partial charge on any atom is 0.312 e. The molecule has 0 aromatic rings. The molecular formula is C13H25NO3. The zero-order valence-electron chi connectivity index (χ0n) is 11.2. The van der Waals surface area contributed by atoms with Crippen LogP contribution in [0.15, 0.2) is 0 Å². The SMILES string of the molecule is COC(=O)C(C)(C)CNCC1CCCCC1O. The first kappa shape index (κ1) is 14.5. The quantitative estimate of drug-likeness (QED) is 0.715. The number of methoxy groups -OCH3 is 1. The molecule has 0 aliphatic heterocycles. The maximum absolute atomic E-state index is 11.5. The summed E-state index contributed by atoms with van der Waals surface area (Å²) in [6, 6.07) is 0. The second-order valence-corrected chi connectivity index (χ2v) is 5.62. The fraction of sp³-hybridized carbons (Fsp3) is 0.923. The predicted octanol–water partition coefficient (Wildman–Crippen LogP) is 1.33. The van der Waals surface area contributed by atoms with Gasteiger partial charge in [0.15, 0.2) is 0 Å². The van der Waals surface area contributed by atoms with Gasteiger partial charge in [0.25, 0.3) is 0 Å². The van der Waals surface area contributed by atoms with Crippen LogP contribution in [0.1, 0.15) is 39.5 Å².